The van der Waals surface area contributed by atoms with Gasteiger partial charge in [0.1, 0.15) is 22.0 Å². The first-order valence-corrected chi connectivity index (χ1v) is 10.9. The minimum Gasteiger partial charge on any atom is -0.497 e. The molecule has 1 unspecified atom stereocenters. The largest absolute Gasteiger partial charge is 0.497 e. The van der Waals surface area contributed by atoms with E-state index in [-0.39, 0.29) is 22.8 Å². The lowest BCUT2D eigenvalue weighted by atomic mass is 9.79. The van der Waals surface area contributed by atoms with Crippen LogP contribution in [0.3, 0.4) is 0 Å². The molecule has 0 aliphatic heterocycles. The summed E-state index contributed by atoms with van der Waals surface area (Å²) in [5, 5.41) is 11.2. The first kappa shape index (κ1) is 22.1. The summed E-state index contributed by atoms with van der Waals surface area (Å²) in [6.07, 6.45) is 1.89. The molecule has 0 aromatic heterocycles. The standard InChI is InChI=1S/C21H25NO7S/c1-27-16-7-8-17-14(11-16)5-4-10-21(17,24)13-22-30(25,26)19-12-15(20(23)29-3)6-9-18(19)28-2/h6-9,11-12,22,24H,4-5,10,13H2,1-3H3. The van der Waals surface area contributed by atoms with Crippen molar-refractivity contribution in [2.24, 2.45) is 0 Å². The summed E-state index contributed by atoms with van der Waals surface area (Å²) >= 11 is 0. The fourth-order valence-corrected chi connectivity index (χ4v) is 4.95. The van der Waals surface area contributed by atoms with Gasteiger partial charge in [0.15, 0.2) is 0 Å². The lowest BCUT2D eigenvalue weighted by Crippen LogP contribution is -2.43. The summed E-state index contributed by atoms with van der Waals surface area (Å²) in [4.78, 5) is 11.6. The minimum atomic E-state index is -4.09. The van der Waals surface area contributed by atoms with Crippen LogP contribution >= 0.6 is 0 Å². The number of rotatable bonds is 7. The zero-order valence-electron chi connectivity index (χ0n) is 17.1. The third kappa shape index (κ3) is 4.28. The van der Waals surface area contributed by atoms with E-state index in [9.17, 15) is 18.3 Å². The molecule has 1 atom stereocenters. The van der Waals surface area contributed by atoms with Gasteiger partial charge in [0.2, 0.25) is 10.0 Å². The Morgan fingerprint density at radius 3 is 2.57 bits per heavy atom. The molecule has 162 valence electrons. The van der Waals surface area contributed by atoms with Crippen molar-refractivity contribution in [2.75, 3.05) is 27.9 Å². The number of aryl methyl sites for hydroxylation is 1. The molecule has 9 heteroatoms. The number of hydrogen-bond donors (Lipinski definition) is 2. The monoisotopic (exact) mass is 435 g/mol. The Labute approximate surface area is 175 Å². The molecule has 2 aromatic rings. The molecule has 0 bridgehead atoms. The maximum atomic E-state index is 13.0. The first-order valence-electron chi connectivity index (χ1n) is 9.40. The van der Waals surface area contributed by atoms with Crippen LogP contribution in [0.5, 0.6) is 11.5 Å². The van der Waals surface area contributed by atoms with E-state index in [1.807, 2.05) is 6.07 Å². The van der Waals surface area contributed by atoms with Crippen molar-refractivity contribution in [1.82, 2.24) is 4.72 Å². The summed E-state index contributed by atoms with van der Waals surface area (Å²) in [6, 6.07) is 9.36. The second kappa shape index (κ2) is 8.63. The molecule has 1 aliphatic carbocycles. The zero-order valence-corrected chi connectivity index (χ0v) is 17.9. The van der Waals surface area contributed by atoms with E-state index in [2.05, 4.69) is 9.46 Å². The van der Waals surface area contributed by atoms with E-state index in [4.69, 9.17) is 9.47 Å². The van der Waals surface area contributed by atoms with Crippen molar-refractivity contribution in [3.8, 4) is 11.5 Å². The molecule has 2 aromatic carbocycles. The smallest absolute Gasteiger partial charge is 0.337 e. The molecule has 1 aliphatic rings. The van der Waals surface area contributed by atoms with Crippen molar-refractivity contribution < 1.29 is 32.5 Å². The van der Waals surface area contributed by atoms with E-state index >= 15 is 0 Å². The lowest BCUT2D eigenvalue weighted by molar-refractivity contribution is 0.0242. The second-order valence-corrected chi connectivity index (χ2v) is 8.83. The van der Waals surface area contributed by atoms with Crippen LogP contribution in [-0.2, 0) is 26.8 Å². The molecule has 0 heterocycles. The fourth-order valence-electron chi connectivity index (χ4n) is 3.67. The van der Waals surface area contributed by atoms with Crippen molar-refractivity contribution in [3.05, 3.63) is 53.1 Å². The van der Waals surface area contributed by atoms with Crippen molar-refractivity contribution >= 4 is 16.0 Å². The van der Waals surface area contributed by atoms with Crippen molar-refractivity contribution in [2.45, 2.75) is 29.8 Å². The summed E-state index contributed by atoms with van der Waals surface area (Å²) < 4.78 is 43.5. The number of hydrogen-bond acceptors (Lipinski definition) is 7. The van der Waals surface area contributed by atoms with Crippen LogP contribution in [0, 0.1) is 0 Å². The van der Waals surface area contributed by atoms with E-state index in [1.165, 1.54) is 32.4 Å². The highest BCUT2D eigenvalue weighted by Crippen LogP contribution is 2.37. The topological polar surface area (TPSA) is 111 Å². The molecule has 2 N–H and O–H groups in total. The maximum Gasteiger partial charge on any atom is 0.337 e. The Morgan fingerprint density at radius 2 is 1.90 bits per heavy atom. The van der Waals surface area contributed by atoms with Crippen LogP contribution in [0.2, 0.25) is 0 Å². The quantitative estimate of drug-likeness (QED) is 0.640. The van der Waals surface area contributed by atoms with Crippen LogP contribution < -0.4 is 14.2 Å². The molecular formula is C21H25NO7S. The number of fused-ring (bicyclic) bond motifs is 1. The predicted octanol–water partition coefficient (Wildman–Crippen LogP) is 1.99. The Balaban J connectivity index is 1.90. The van der Waals surface area contributed by atoms with Gasteiger partial charge in [-0.1, -0.05) is 6.07 Å². The van der Waals surface area contributed by atoms with Gasteiger partial charge in [-0.3, -0.25) is 0 Å². The number of carbonyl (C=O) groups excluding carboxylic acids is 1. The Morgan fingerprint density at radius 1 is 1.13 bits per heavy atom. The summed E-state index contributed by atoms with van der Waals surface area (Å²) in [7, 11) is 0.0326. The number of benzene rings is 2. The van der Waals surface area contributed by atoms with Gasteiger partial charge in [-0.25, -0.2) is 17.9 Å². The molecule has 3 rings (SSSR count). The van der Waals surface area contributed by atoms with Crippen LogP contribution in [0.25, 0.3) is 0 Å². The minimum absolute atomic E-state index is 0.0764. The van der Waals surface area contributed by atoms with Gasteiger partial charge < -0.3 is 19.3 Å². The maximum absolute atomic E-state index is 13.0. The van der Waals surface area contributed by atoms with Gasteiger partial charge in [-0.15, -0.1) is 0 Å². The summed E-state index contributed by atoms with van der Waals surface area (Å²) in [5.74, 6) is 0.0988. The summed E-state index contributed by atoms with van der Waals surface area (Å²) in [6.45, 7) is -0.222. The lowest BCUT2D eigenvalue weighted by Gasteiger charge is -2.34. The first-order chi connectivity index (χ1) is 14.2. The highest BCUT2D eigenvalue weighted by atomic mass is 32.2. The highest BCUT2D eigenvalue weighted by molar-refractivity contribution is 7.89. The highest BCUT2D eigenvalue weighted by Gasteiger charge is 2.36. The van der Waals surface area contributed by atoms with Crippen LogP contribution in [0.4, 0.5) is 0 Å². The van der Waals surface area contributed by atoms with Gasteiger partial charge in [0.25, 0.3) is 0 Å². The molecule has 30 heavy (non-hydrogen) atoms. The SMILES string of the molecule is COC(=O)c1ccc(OC)c(S(=O)(=O)NCC2(O)CCCc3cc(OC)ccc32)c1. The van der Waals surface area contributed by atoms with Gasteiger partial charge in [-0.05, 0) is 60.7 Å². The number of sulfonamides is 1. The van der Waals surface area contributed by atoms with E-state index < -0.39 is 21.6 Å². The van der Waals surface area contributed by atoms with E-state index in [0.717, 1.165) is 12.0 Å². The fraction of sp³-hybridized carbons (Fsp3) is 0.381. The molecular weight excluding hydrogens is 410 g/mol. The second-order valence-electron chi connectivity index (χ2n) is 7.09. The number of nitrogens with one attached hydrogen (secondary N) is 1. The average Bonchev–Trinajstić information content (AvgIpc) is 2.76. The Kier molecular flexibility index (Phi) is 6.35. The normalized spacial score (nSPS) is 18.4. The summed E-state index contributed by atoms with van der Waals surface area (Å²) in [5.41, 5.74) is 0.313. The number of esters is 1. The molecule has 0 saturated heterocycles. The molecule has 0 spiro atoms. The van der Waals surface area contributed by atoms with Gasteiger partial charge in [-0.2, -0.15) is 0 Å². The number of methoxy groups -OCH3 is 3. The zero-order chi connectivity index (χ0) is 21.9. The van der Waals surface area contributed by atoms with Gasteiger partial charge in [0, 0.05) is 6.54 Å². The molecule has 0 amide bonds. The molecule has 0 saturated carbocycles. The van der Waals surface area contributed by atoms with Crippen LogP contribution in [0.1, 0.15) is 34.3 Å². The molecule has 0 fully saturated rings. The predicted molar refractivity (Wildman–Crippen MR) is 109 cm³/mol. The van der Waals surface area contributed by atoms with Gasteiger partial charge >= 0.3 is 5.97 Å². The number of aliphatic hydroxyl groups is 1. The Hall–Kier alpha value is -2.62. The number of carbonyl (C=O) groups is 1. The van der Waals surface area contributed by atoms with Gasteiger partial charge in [0.05, 0.1) is 26.9 Å². The Bertz CT molecular complexity index is 1050. The van der Waals surface area contributed by atoms with Crippen molar-refractivity contribution in [1.29, 1.82) is 0 Å². The molecule has 8 nitrogen and oxygen atoms in total. The van der Waals surface area contributed by atoms with E-state index in [1.54, 1.807) is 19.2 Å². The van der Waals surface area contributed by atoms with Crippen LogP contribution in [0.15, 0.2) is 41.3 Å². The number of ether oxygens (including phenoxy) is 3. The van der Waals surface area contributed by atoms with Crippen molar-refractivity contribution in [3.63, 3.8) is 0 Å². The van der Waals surface area contributed by atoms with Crippen LogP contribution in [-0.4, -0.2) is 47.4 Å². The average molecular weight is 435 g/mol. The third-order valence-corrected chi connectivity index (χ3v) is 6.70. The molecule has 0 radical (unpaired) electrons. The third-order valence-electron chi connectivity index (χ3n) is 5.28. The van der Waals surface area contributed by atoms with E-state index in [0.29, 0.717) is 24.2 Å².